The second kappa shape index (κ2) is 8.53. The molecule has 0 radical (unpaired) electrons. The Morgan fingerprint density at radius 1 is 1.17 bits per heavy atom. The van der Waals surface area contributed by atoms with E-state index in [9.17, 15) is 9.59 Å². The Morgan fingerprint density at radius 3 is 2.43 bits per heavy atom. The molecule has 2 amide bonds. The molecule has 1 fully saturated rings. The van der Waals surface area contributed by atoms with Crippen LogP contribution in [0.1, 0.15) is 19.4 Å². The quantitative estimate of drug-likeness (QED) is 0.893. The molecule has 0 aliphatic carbocycles. The summed E-state index contributed by atoms with van der Waals surface area (Å²) in [5.41, 5.74) is 1.08. The number of piperazine rings is 1. The smallest absolute Gasteiger partial charge is 0.409 e. The lowest BCUT2D eigenvalue weighted by Gasteiger charge is -2.36. The maximum absolute atomic E-state index is 12.3. The number of benzene rings is 1. The van der Waals surface area contributed by atoms with E-state index in [0.29, 0.717) is 39.3 Å². The Hall–Kier alpha value is -2.08. The van der Waals surface area contributed by atoms with Crippen LogP contribution in [0.4, 0.5) is 4.79 Å². The van der Waals surface area contributed by atoms with Crippen LogP contribution in [0.3, 0.4) is 0 Å². The van der Waals surface area contributed by atoms with Crippen LogP contribution in [0.25, 0.3) is 0 Å². The Morgan fingerprint density at radius 2 is 1.83 bits per heavy atom. The van der Waals surface area contributed by atoms with Gasteiger partial charge in [-0.2, -0.15) is 0 Å². The molecule has 0 bridgehead atoms. The van der Waals surface area contributed by atoms with E-state index in [-0.39, 0.29) is 18.0 Å². The van der Waals surface area contributed by atoms with E-state index in [4.69, 9.17) is 4.74 Å². The van der Waals surface area contributed by atoms with Crippen LogP contribution in [0.5, 0.6) is 0 Å². The number of rotatable bonds is 5. The molecule has 6 nitrogen and oxygen atoms in total. The van der Waals surface area contributed by atoms with Gasteiger partial charge in [0.2, 0.25) is 5.91 Å². The number of carbonyl (C=O) groups is 2. The first kappa shape index (κ1) is 17.3. The Balaban J connectivity index is 1.76. The lowest BCUT2D eigenvalue weighted by atomic mass is 10.2. The van der Waals surface area contributed by atoms with Crippen molar-refractivity contribution in [3.8, 4) is 0 Å². The highest BCUT2D eigenvalue weighted by molar-refractivity contribution is 5.81. The lowest BCUT2D eigenvalue weighted by molar-refractivity contribution is -0.126. The number of nitrogens with one attached hydrogen (secondary N) is 1. The molecule has 1 aromatic rings. The molecule has 1 saturated heterocycles. The van der Waals surface area contributed by atoms with Gasteiger partial charge < -0.3 is 15.0 Å². The van der Waals surface area contributed by atoms with Crippen molar-refractivity contribution in [1.82, 2.24) is 15.1 Å². The molecule has 0 unspecified atom stereocenters. The number of amides is 2. The second-order valence-electron chi connectivity index (χ2n) is 5.60. The molecule has 1 heterocycles. The molecule has 1 aliphatic heterocycles. The van der Waals surface area contributed by atoms with Crippen LogP contribution in [0.2, 0.25) is 0 Å². The lowest BCUT2D eigenvalue weighted by Crippen LogP contribution is -2.54. The maximum atomic E-state index is 12.3. The zero-order chi connectivity index (χ0) is 16.7. The van der Waals surface area contributed by atoms with Gasteiger partial charge in [0.15, 0.2) is 0 Å². The number of nitrogens with zero attached hydrogens (tertiary/aromatic N) is 2. The molecule has 0 spiro atoms. The minimum atomic E-state index is -0.270. The molecule has 23 heavy (non-hydrogen) atoms. The largest absolute Gasteiger partial charge is 0.450 e. The third kappa shape index (κ3) is 4.96. The predicted octanol–water partition coefficient (Wildman–Crippen LogP) is 1.47. The Kier molecular flexibility index (Phi) is 6.40. The Bertz CT molecular complexity index is 513. The van der Waals surface area contributed by atoms with E-state index in [1.54, 1.807) is 11.8 Å². The first-order valence-corrected chi connectivity index (χ1v) is 8.09. The summed E-state index contributed by atoms with van der Waals surface area (Å²) in [6.07, 6.45) is -0.270. The molecule has 1 atom stereocenters. The predicted molar refractivity (Wildman–Crippen MR) is 87.9 cm³/mol. The molecule has 0 saturated carbocycles. The molecule has 6 heteroatoms. The van der Waals surface area contributed by atoms with E-state index in [1.807, 2.05) is 37.3 Å². The van der Waals surface area contributed by atoms with E-state index < -0.39 is 0 Å². The van der Waals surface area contributed by atoms with E-state index in [0.717, 1.165) is 5.56 Å². The van der Waals surface area contributed by atoms with Gasteiger partial charge in [0.1, 0.15) is 0 Å². The van der Waals surface area contributed by atoms with Gasteiger partial charge in [-0.25, -0.2) is 4.79 Å². The molecule has 1 aromatic carbocycles. The molecule has 1 N–H and O–H groups in total. The Labute approximate surface area is 137 Å². The molecular formula is C17H25N3O3. The fourth-order valence-corrected chi connectivity index (χ4v) is 2.61. The maximum Gasteiger partial charge on any atom is 0.409 e. The summed E-state index contributed by atoms with van der Waals surface area (Å²) >= 11 is 0. The summed E-state index contributed by atoms with van der Waals surface area (Å²) in [5.74, 6) is 0.0124. The number of carbonyl (C=O) groups excluding carboxylic acids is 2. The van der Waals surface area contributed by atoms with Crippen molar-refractivity contribution < 1.29 is 14.3 Å². The zero-order valence-electron chi connectivity index (χ0n) is 13.8. The molecule has 2 rings (SSSR count). The van der Waals surface area contributed by atoms with Crippen LogP contribution in [0.15, 0.2) is 30.3 Å². The van der Waals surface area contributed by atoms with E-state index in [1.165, 1.54) is 0 Å². The first-order valence-electron chi connectivity index (χ1n) is 8.09. The summed E-state index contributed by atoms with van der Waals surface area (Å²) < 4.78 is 5.00. The van der Waals surface area contributed by atoms with Crippen LogP contribution in [-0.4, -0.2) is 60.6 Å². The molecular weight excluding hydrogens is 294 g/mol. The summed E-state index contributed by atoms with van der Waals surface area (Å²) in [6.45, 7) is 7.17. The fraction of sp³-hybridized carbons (Fsp3) is 0.529. The van der Waals surface area contributed by atoms with Crippen LogP contribution < -0.4 is 5.32 Å². The van der Waals surface area contributed by atoms with Crippen molar-refractivity contribution in [3.05, 3.63) is 35.9 Å². The van der Waals surface area contributed by atoms with Crippen molar-refractivity contribution >= 4 is 12.0 Å². The average molecular weight is 319 g/mol. The summed E-state index contributed by atoms with van der Waals surface area (Å²) in [4.78, 5) is 27.7. The summed E-state index contributed by atoms with van der Waals surface area (Å²) in [5, 5.41) is 2.96. The standard InChI is InChI=1S/C17H25N3O3/c1-3-23-17(22)20-11-9-19(10-12-20)14(2)16(21)18-13-15-7-5-4-6-8-15/h4-8,14H,3,9-13H2,1-2H3,(H,18,21)/t14-/m0/s1. The normalized spacial score (nSPS) is 16.7. The summed E-state index contributed by atoms with van der Waals surface area (Å²) in [6, 6.07) is 9.64. The first-order chi connectivity index (χ1) is 11.1. The minimum Gasteiger partial charge on any atom is -0.450 e. The number of hydrogen-bond donors (Lipinski definition) is 1. The highest BCUT2D eigenvalue weighted by Gasteiger charge is 2.27. The van der Waals surface area contributed by atoms with Gasteiger partial charge in [-0.05, 0) is 19.4 Å². The molecule has 1 aliphatic rings. The van der Waals surface area contributed by atoms with E-state index in [2.05, 4.69) is 10.2 Å². The van der Waals surface area contributed by atoms with Gasteiger partial charge in [-0.3, -0.25) is 9.69 Å². The summed E-state index contributed by atoms with van der Waals surface area (Å²) in [7, 11) is 0. The van der Waals surface area contributed by atoms with Crippen molar-refractivity contribution in [1.29, 1.82) is 0 Å². The molecule has 0 aromatic heterocycles. The third-order valence-corrected chi connectivity index (χ3v) is 4.08. The topological polar surface area (TPSA) is 61.9 Å². The van der Waals surface area contributed by atoms with Gasteiger partial charge in [0.05, 0.1) is 12.6 Å². The van der Waals surface area contributed by atoms with Crippen LogP contribution >= 0.6 is 0 Å². The monoisotopic (exact) mass is 319 g/mol. The van der Waals surface area contributed by atoms with Gasteiger partial charge in [-0.15, -0.1) is 0 Å². The SMILES string of the molecule is CCOC(=O)N1CCN([C@@H](C)C(=O)NCc2ccccc2)CC1. The number of ether oxygens (including phenoxy) is 1. The van der Waals surface area contributed by atoms with Gasteiger partial charge in [0, 0.05) is 32.7 Å². The van der Waals surface area contributed by atoms with Crippen molar-refractivity contribution in [2.75, 3.05) is 32.8 Å². The highest BCUT2D eigenvalue weighted by atomic mass is 16.6. The number of hydrogen-bond acceptors (Lipinski definition) is 4. The van der Waals surface area contributed by atoms with Gasteiger partial charge >= 0.3 is 6.09 Å². The minimum absolute atomic E-state index is 0.0124. The van der Waals surface area contributed by atoms with Gasteiger partial charge in [0.25, 0.3) is 0 Å². The van der Waals surface area contributed by atoms with Gasteiger partial charge in [-0.1, -0.05) is 30.3 Å². The van der Waals surface area contributed by atoms with Crippen molar-refractivity contribution in [2.45, 2.75) is 26.4 Å². The fourth-order valence-electron chi connectivity index (χ4n) is 2.61. The second-order valence-corrected chi connectivity index (χ2v) is 5.60. The highest BCUT2D eigenvalue weighted by Crippen LogP contribution is 2.08. The third-order valence-electron chi connectivity index (χ3n) is 4.08. The zero-order valence-corrected chi connectivity index (χ0v) is 13.8. The van der Waals surface area contributed by atoms with Crippen LogP contribution in [-0.2, 0) is 16.1 Å². The van der Waals surface area contributed by atoms with Crippen molar-refractivity contribution in [3.63, 3.8) is 0 Å². The van der Waals surface area contributed by atoms with E-state index >= 15 is 0 Å². The van der Waals surface area contributed by atoms with Crippen molar-refractivity contribution in [2.24, 2.45) is 0 Å². The molecule has 126 valence electrons. The van der Waals surface area contributed by atoms with Crippen LogP contribution in [0, 0.1) is 0 Å². The average Bonchev–Trinajstić information content (AvgIpc) is 2.60.